The number of alkyl halides is 3. The summed E-state index contributed by atoms with van der Waals surface area (Å²) in [6, 6.07) is 3.63. The molecule has 2 N–H and O–H groups in total. The van der Waals surface area contributed by atoms with Gasteiger partial charge in [0, 0.05) is 5.69 Å². The van der Waals surface area contributed by atoms with Crippen LogP contribution in [0.5, 0.6) is 0 Å². The fourth-order valence-corrected chi connectivity index (χ4v) is 3.42. The molecule has 0 amide bonds. The Hall–Kier alpha value is -0.840. The van der Waals surface area contributed by atoms with Gasteiger partial charge in [-0.05, 0) is 60.4 Å². The normalized spacial score (nSPS) is 17.9. The molecule has 2 rings (SSSR count). The maximum atomic E-state index is 12.6. The second-order valence-corrected chi connectivity index (χ2v) is 5.90. The maximum absolute atomic E-state index is 12.6. The number of benzene rings is 1. The van der Waals surface area contributed by atoms with Crippen LogP contribution in [0.1, 0.15) is 24.0 Å². The van der Waals surface area contributed by atoms with E-state index in [2.05, 4.69) is 0 Å². The molecule has 1 aromatic carbocycles. The summed E-state index contributed by atoms with van der Waals surface area (Å²) in [5.41, 5.74) is 6.29. The third kappa shape index (κ3) is 3.34. The summed E-state index contributed by atoms with van der Waals surface area (Å²) < 4.78 is 37.9. The van der Waals surface area contributed by atoms with Crippen LogP contribution in [-0.4, -0.2) is 11.5 Å². The number of nitrogens with two attached hydrogens (primary N) is 1. The predicted octanol–water partition coefficient (Wildman–Crippen LogP) is 3.97. The summed E-state index contributed by atoms with van der Waals surface area (Å²) in [6.07, 6.45) is -1.48. The van der Waals surface area contributed by atoms with Crippen molar-refractivity contribution in [1.29, 1.82) is 0 Å². The summed E-state index contributed by atoms with van der Waals surface area (Å²) in [4.78, 5) is 0. The minimum absolute atomic E-state index is 0.469. The van der Waals surface area contributed by atoms with E-state index in [-0.39, 0.29) is 0 Å². The minimum Gasteiger partial charge on any atom is -0.399 e. The number of thioether (sulfide) groups is 1. The van der Waals surface area contributed by atoms with Crippen LogP contribution in [0, 0.1) is 5.92 Å². The quantitative estimate of drug-likeness (QED) is 0.826. The Kier molecular flexibility index (Phi) is 4.10. The van der Waals surface area contributed by atoms with Gasteiger partial charge < -0.3 is 5.73 Å². The average Bonchev–Trinajstić information content (AvgIpc) is 2.32. The molecule has 0 aromatic heterocycles. The predicted molar refractivity (Wildman–Crippen MR) is 69.6 cm³/mol. The van der Waals surface area contributed by atoms with Crippen LogP contribution >= 0.6 is 11.8 Å². The standard InChI is InChI=1S/C13H16F3NS/c14-13(15,16)11-1-2-12(17)10(8-11)7-9-3-5-18-6-4-9/h1-2,8-9H,3-7,17H2. The Morgan fingerprint density at radius 1 is 1.22 bits per heavy atom. The molecule has 0 saturated carbocycles. The van der Waals surface area contributed by atoms with Crippen molar-refractivity contribution in [3.63, 3.8) is 0 Å². The van der Waals surface area contributed by atoms with Gasteiger partial charge in [0.1, 0.15) is 0 Å². The zero-order valence-electron chi connectivity index (χ0n) is 9.96. The van der Waals surface area contributed by atoms with E-state index < -0.39 is 11.7 Å². The van der Waals surface area contributed by atoms with Crippen LogP contribution in [0.2, 0.25) is 0 Å². The van der Waals surface area contributed by atoms with Gasteiger partial charge in [0.25, 0.3) is 0 Å². The smallest absolute Gasteiger partial charge is 0.399 e. The van der Waals surface area contributed by atoms with E-state index in [4.69, 9.17) is 5.73 Å². The molecule has 1 saturated heterocycles. The Labute approximate surface area is 109 Å². The molecule has 1 heterocycles. The second kappa shape index (κ2) is 5.43. The van der Waals surface area contributed by atoms with Gasteiger partial charge in [0.2, 0.25) is 0 Å². The van der Waals surface area contributed by atoms with Gasteiger partial charge in [-0.25, -0.2) is 0 Å². The van der Waals surface area contributed by atoms with Crippen molar-refractivity contribution in [2.45, 2.75) is 25.4 Å². The average molecular weight is 275 g/mol. The van der Waals surface area contributed by atoms with Gasteiger partial charge in [0.05, 0.1) is 5.56 Å². The summed E-state index contributed by atoms with van der Waals surface area (Å²) in [6.45, 7) is 0. The molecule has 1 aliphatic rings. The zero-order valence-corrected chi connectivity index (χ0v) is 10.8. The number of hydrogen-bond acceptors (Lipinski definition) is 2. The van der Waals surface area contributed by atoms with Crippen molar-refractivity contribution in [1.82, 2.24) is 0 Å². The van der Waals surface area contributed by atoms with Crippen molar-refractivity contribution in [2.75, 3.05) is 17.2 Å². The molecule has 1 nitrogen and oxygen atoms in total. The molecule has 0 spiro atoms. The zero-order chi connectivity index (χ0) is 13.2. The molecule has 1 aromatic rings. The van der Waals surface area contributed by atoms with Gasteiger partial charge in [-0.1, -0.05) is 0 Å². The molecule has 1 aliphatic heterocycles. The molecule has 0 atom stereocenters. The largest absolute Gasteiger partial charge is 0.416 e. The lowest BCUT2D eigenvalue weighted by molar-refractivity contribution is -0.137. The van der Waals surface area contributed by atoms with Gasteiger partial charge in [0.15, 0.2) is 0 Å². The van der Waals surface area contributed by atoms with Crippen molar-refractivity contribution in [3.8, 4) is 0 Å². The number of rotatable bonds is 2. The first kappa shape index (κ1) is 13.6. The van der Waals surface area contributed by atoms with E-state index in [1.165, 1.54) is 12.1 Å². The van der Waals surface area contributed by atoms with Crippen molar-refractivity contribution in [2.24, 2.45) is 5.92 Å². The summed E-state index contributed by atoms with van der Waals surface area (Å²) in [7, 11) is 0. The molecule has 100 valence electrons. The van der Waals surface area contributed by atoms with Gasteiger partial charge >= 0.3 is 6.18 Å². The molecular weight excluding hydrogens is 259 g/mol. The Morgan fingerprint density at radius 2 is 1.89 bits per heavy atom. The van der Waals surface area contributed by atoms with E-state index in [0.29, 0.717) is 23.6 Å². The highest BCUT2D eigenvalue weighted by molar-refractivity contribution is 7.99. The van der Waals surface area contributed by atoms with Crippen molar-refractivity contribution < 1.29 is 13.2 Å². The molecule has 5 heteroatoms. The second-order valence-electron chi connectivity index (χ2n) is 4.67. The fourth-order valence-electron chi connectivity index (χ4n) is 2.22. The van der Waals surface area contributed by atoms with Crippen LogP contribution in [0.15, 0.2) is 18.2 Å². The van der Waals surface area contributed by atoms with E-state index in [1.807, 2.05) is 11.8 Å². The molecule has 0 bridgehead atoms. The third-order valence-corrected chi connectivity index (χ3v) is 4.37. The van der Waals surface area contributed by atoms with Gasteiger partial charge in [-0.2, -0.15) is 24.9 Å². The first-order valence-electron chi connectivity index (χ1n) is 6.00. The Balaban J connectivity index is 2.15. The minimum atomic E-state index is -4.29. The first-order chi connectivity index (χ1) is 8.47. The van der Waals surface area contributed by atoms with E-state index in [0.717, 1.165) is 30.4 Å². The first-order valence-corrected chi connectivity index (χ1v) is 7.15. The SMILES string of the molecule is Nc1ccc(C(F)(F)F)cc1CC1CCSCC1. The molecular formula is C13H16F3NS. The van der Waals surface area contributed by atoms with Crippen LogP contribution in [0.25, 0.3) is 0 Å². The Morgan fingerprint density at radius 3 is 2.50 bits per heavy atom. The summed E-state index contributed by atoms with van der Waals surface area (Å²) in [5, 5.41) is 0. The molecule has 0 radical (unpaired) electrons. The third-order valence-electron chi connectivity index (χ3n) is 3.32. The monoisotopic (exact) mass is 275 g/mol. The highest BCUT2D eigenvalue weighted by Crippen LogP contribution is 2.33. The number of nitrogen functional groups attached to an aromatic ring is 1. The molecule has 1 fully saturated rings. The lowest BCUT2D eigenvalue weighted by Crippen LogP contribution is -2.14. The van der Waals surface area contributed by atoms with E-state index >= 15 is 0 Å². The number of halogens is 3. The van der Waals surface area contributed by atoms with Gasteiger partial charge in [-0.15, -0.1) is 0 Å². The summed E-state index contributed by atoms with van der Waals surface area (Å²) in [5.74, 6) is 2.67. The maximum Gasteiger partial charge on any atom is 0.416 e. The van der Waals surface area contributed by atoms with E-state index in [1.54, 1.807) is 0 Å². The van der Waals surface area contributed by atoms with Crippen LogP contribution in [-0.2, 0) is 12.6 Å². The fraction of sp³-hybridized carbons (Fsp3) is 0.538. The number of hydrogen-bond donors (Lipinski definition) is 1. The lowest BCUT2D eigenvalue weighted by atomic mass is 9.92. The molecule has 0 aliphatic carbocycles. The molecule has 0 unspecified atom stereocenters. The van der Waals surface area contributed by atoms with Crippen molar-refractivity contribution in [3.05, 3.63) is 29.3 Å². The van der Waals surface area contributed by atoms with Crippen LogP contribution in [0.4, 0.5) is 18.9 Å². The van der Waals surface area contributed by atoms with Crippen LogP contribution in [0.3, 0.4) is 0 Å². The highest BCUT2D eigenvalue weighted by atomic mass is 32.2. The van der Waals surface area contributed by atoms with Gasteiger partial charge in [-0.3, -0.25) is 0 Å². The molecule has 18 heavy (non-hydrogen) atoms. The van der Waals surface area contributed by atoms with Crippen LogP contribution < -0.4 is 5.73 Å². The highest BCUT2D eigenvalue weighted by Gasteiger charge is 2.31. The van der Waals surface area contributed by atoms with Crippen molar-refractivity contribution >= 4 is 17.4 Å². The Bertz CT molecular complexity index is 411. The number of anilines is 1. The lowest BCUT2D eigenvalue weighted by Gasteiger charge is -2.22. The topological polar surface area (TPSA) is 26.0 Å². The summed E-state index contributed by atoms with van der Waals surface area (Å²) >= 11 is 1.91. The van der Waals surface area contributed by atoms with E-state index in [9.17, 15) is 13.2 Å².